The van der Waals surface area contributed by atoms with Crippen LogP contribution in [-0.2, 0) is 0 Å². The fraction of sp³-hybridized carbons (Fsp3) is 0.629. The summed E-state index contributed by atoms with van der Waals surface area (Å²) in [7, 11) is 0. The Hall–Kier alpha value is -2.29. The lowest BCUT2D eigenvalue weighted by Gasteiger charge is -2.55. The van der Waals surface area contributed by atoms with Crippen molar-refractivity contribution in [3.8, 4) is 0 Å². The largest absolute Gasteiger partial charge is 0.326 e. The summed E-state index contributed by atoms with van der Waals surface area (Å²) in [6, 6.07) is 13.6. The summed E-state index contributed by atoms with van der Waals surface area (Å²) in [5, 5.41) is 7.95. The minimum absolute atomic E-state index is 0.0830. The number of aliphatic imine (C=N–C) groups is 1. The fourth-order valence-corrected chi connectivity index (χ4v) is 8.15. The highest BCUT2D eigenvalue weighted by atomic mass is 15.2. The molecule has 2 N–H and O–H groups in total. The third-order valence-corrected chi connectivity index (χ3v) is 9.59. The Balaban J connectivity index is 1.63. The predicted octanol–water partition coefficient (Wildman–Crippen LogP) is 10.0. The number of rotatable bonds is 7. The summed E-state index contributed by atoms with van der Waals surface area (Å²) in [6.07, 6.45) is 8.09. The van der Waals surface area contributed by atoms with Gasteiger partial charge in [0.05, 0.1) is 5.54 Å². The summed E-state index contributed by atoms with van der Waals surface area (Å²) in [4.78, 5) is 5.75. The monoisotopic (exact) mass is 513 g/mol. The molecule has 4 aliphatic rings. The van der Waals surface area contributed by atoms with E-state index in [2.05, 4.69) is 102 Å². The van der Waals surface area contributed by atoms with Gasteiger partial charge in [-0.1, -0.05) is 91.8 Å². The molecule has 0 atom stereocenters. The van der Waals surface area contributed by atoms with Gasteiger partial charge in [0, 0.05) is 11.4 Å². The van der Waals surface area contributed by atoms with Crippen LogP contribution in [0.15, 0.2) is 41.4 Å². The summed E-state index contributed by atoms with van der Waals surface area (Å²) in [5.41, 5.74) is 8.08. The Morgan fingerprint density at radius 1 is 0.605 bits per heavy atom. The zero-order valence-corrected chi connectivity index (χ0v) is 25.2. The molecule has 0 heterocycles. The highest BCUT2D eigenvalue weighted by molar-refractivity contribution is 6.05. The molecule has 6 rings (SSSR count). The van der Waals surface area contributed by atoms with Crippen molar-refractivity contribution < 1.29 is 0 Å². The van der Waals surface area contributed by atoms with Gasteiger partial charge in [-0.15, -0.1) is 0 Å². The maximum absolute atomic E-state index is 5.75. The van der Waals surface area contributed by atoms with Crippen LogP contribution in [0.3, 0.4) is 0 Å². The zero-order valence-electron chi connectivity index (χ0n) is 25.2. The van der Waals surface area contributed by atoms with Crippen LogP contribution in [0.4, 0.5) is 11.4 Å². The van der Waals surface area contributed by atoms with E-state index in [1.807, 2.05) is 0 Å². The molecule has 0 amide bonds. The van der Waals surface area contributed by atoms with E-state index in [0.717, 1.165) is 23.7 Å². The lowest BCUT2D eigenvalue weighted by Crippen LogP contribution is -2.50. The minimum atomic E-state index is 0.0830. The molecule has 4 fully saturated rings. The van der Waals surface area contributed by atoms with E-state index < -0.39 is 0 Å². The Bertz CT molecular complexity index is 1010. The van der Waals surface area contributed by atoms with Crippen LogP contribution < -0.4 is 10.6 Å². The average molecular weight is 514 g/mol. The van der Waals surface area contributed by atoms with Gasteiger partial charge in [-0.3, -0.25) is 0 Å². The van der Waals surface area contributed by atoms with Crippen LogP contribution >= 0.6 is 0 Å². The van der Waals surface area contributed by atoms with Gasteiger partial charge in [-0.2, -0.15) is 0 Å². The molecule has 3 heteroatoms. The van der Waals surface area contributed by atoms with Crippen molar-refractivity contribution in [2.24, 2.45) is 22.7 Å². The molecule has 2 aromatic rings. The first-order valence-corrected chi connectivity index (χ1v) is 15.4. The highest BCUT2D eigenvalue weighted by Crippen LogP contribution is 2.57. The Kier molecular flexibility index (Phi) is 7.68. The molecule has 4 saturated carbocycles. The van der Waals surface area contributed by atoms with Crippen molar-refractivity contribution in [3.63, 3.8) is 0 Å². The van der Waals surface area contributed by atoms with Crippen LogP contribution in [0.1, 0.15) is 140 Å². The van der Waals surface area contributed by atoms with Crippen molar-refractivity contribution in [2.75, 3.05) is 10.6 Å². The number of para-hydroxylation sites is 2. The first kappa shape index (κ1) is 27.3. The van der Waals surface area contributed by atoms with E-state index >= 15 is 0 Å². The van der Waals surface area contributed by atoms with E-state index in [-0.39, 0.29) is 5.54 Å². The van der Waals surface area contributed by atoms with Gasteiger partial charge in [0.15, 0.2) is 0 Å². The second-order valence-electron chi connectivity index (χ2n) is 14.1. The Morgan fingerprint density at radius 2 is 0.921 bits per heavy atom. The standard InChI is InChI=1S/C35H51N3/c1-21(2)28-11-9-12-29(22(3)4)32(28)36-34(37-33-30(23(5)6)13-10-14-31(33)24(7)8)38-35-18-25-15-26(19-35)17-27(16-25)20-35/h9-14,21-27H,15-20H2,1-8H3,(H2,36,37,38). The number of anilines is 2. The first-order chi connectivity index (χ1) is 18.0. The molecule has 0 unspecified atom stereocenters. The molecular formula is C35H51N3. The quantitative estimate of drug-likeness (QED) is 0.285. The molecule has 0 spiro atoms. The average Bonchev–Trinajstić information content (AvgIpc) is 2.82. The van der Waals surface area contributed by atoms with Crippen LogP contribution in [-0.4, -0.2) is 11.5 Å². The molecule has 0 radical (unpaired) electrons. The van der Waals surface area contributed by atoms with Crippen molar-refractivity contribution in [2.45, 2.75) is 123 Å². The number of hydrogen-bond donors (Lipinski definition) is 2. The molecule has 0 aliphatic heterocycles. The maximum atomic E-state index is 5.75. The number of benzene rings is 2. The molecule has 4 aliphatic carbocycles. The third-order valence-electron chi connectivity index (χ3n) is 9.59. The molecular weight excluding hydrogens is 462 g/mol. The SMILES string of the molecule is CC(C)c1cccc(C(C)C)c1NC(=NC12CC3CC(CC(C3)C1)C2)Nc1c(C(C)C)cccc1C(C)C. The summed E-state index contributed by atoms with van der Waals surface area (Å²) in [5.74, 6) is 5.31. The van der Waals surface area contributed by atoms with Gasteiger partial charge < -0.3 is 10.6 Å². The van der Waals surface area contributed by atoms with E-state index in [1.54, 1.807) is 0 Å². The molecule has 38 heavy (non-hydrogen) atoms. The number of guanidine groups is 1. The van der Waals surface area contributed by atoms with Gasteiger partial charge in [0.1, 0.15) is 0 Å². The normalized spacial score (nSPS) is 26.1. The van der Waals surface area contributed by atoms with E-state index in [9.17, 15) is 0 Å². The highest BCUT2D eigenvalue weighted by Gasteiger charge is 2.51. The number of hydrogen-bond acceptors (Lipinski definition) is 1. The van der Waals surface area contributed by atoms with Gasteiger partial charge >= 0.3 is 0 Å². The van der Waals surface area contributed by atoms with E-state index in [0.29, 0.717) is 23.7 Å². The van der Waals surface area contributed by atoms with Crippen LogP contribution in [0.5, 0.6) is 0 Å². The van der Waals surface area contributed by atoms with Gasteiger partial charge in [0.2, 0.25) is 5.96 Å². The second kappa shape index (κ2) is 10.7. The molecule has 4 bridgehead atoms. The summed E-state index contributed by atoms with van der Waals surface area (Å²) in [6.45, 7) is 18.4. The van der Waals surface area contributed by atoms with Crippen molar-refractivity contribution in [1.82, 2.24) is 0 Å². The molecule has 0 saturated heterocycles. The van der Waals surface area contributed by atoms with Gasteiger partial charge in [-0.05, 0) is 102 Å². The van der Waals surface area contributed by atoms with Gasteiger partial charge in [-0.25, -0.2) is 4.99 Å². The van der Waals surface area contributed by atoms with Gasteiger partial charge in [0.25, 0.3) is 0 Å². The number of nitrogens with zero attached hydrogens (tertiary/aromatic N) is 1. The Morgan fingerprint density at radius 3 is 1.21 bits per heavy atom. The predicted molar refractivity (Wildman–Crippen MR) is 165 cm³/mol. The minimum Gasteiger partial charge on any atom is -0.326 e. The lowest BCUT2D eigenvalue weighted by molar-refractivity contribution is 0.00169. The van der Waals surface area contributed by atoms with Crippen molar-refractivity contribution >= 4 is 17.3 Å². The van der Waals surface area contributed by atoms with Crippen molar-refractivity contribution in [3.05, 3.63) is 58.7 Å². The second-order valence-corrected chi connectivity index (χ2v) is 14.1. The van der Waals surface area contributed by atoms with Crippen LogP contribution in [0.2, 0.25) is 0 Å². The van der Waals surface area contributed by atoms with E-state index in [1.165, 1.54) is 72.2 Å². The fourth-order valence-electron chi connectivity index (χ4n) is 8.15. The first-order valence-electron chi connectivity index (χ1n) is 15.4. The maximum Gasteiger partial charge on any atom is 0.200 e. The summed E-state index contributed by atoms with van der Waals surface area (Å²) >= 11 is 0. The number of nitrogens with one attached hydrogen (secondary N) is 2. The summed E-state index contributed by atoms with van der Waals surface area (Å²) < 4.78 is 0. The third kappa shape index (κ3) is 5.40. The van der Waals surface area contributed by atoms with Crippen LogP contribution in [0, 0.1) is 17.8 Å². The zero-order chi connectivity index (χ0) is 27.2. The topological polar surface area (TPSA) is 36.4 Å². The Labute approximate surface area is 232 Å². The molecule has 3 nitrogen and oxygen atoms in total. The molecule has 2 aromatic carbocycles. The van der Waals surface area contributed by atoms with E-state index in [4.69, 9.17) is 4.99 Å². The van der Waals surface area contributed by atoms with Crippen molar-refractivity contribution in [1.29, 1.82) is 0 Å². The molecule has 206 valence electrons. The van der Waals surface area contributed by atoms with Crippen LogP contribution in [0.25, 0.3) is 0 Å². The smallest absolute Gasteiger partial charge is 0.200 e. The molecule has 0 aromatic heterocycles. The lowest BCUT2D eigenvalue weighted by atomic mass is 9.53.